The molecule has 0 atom stereocenters. The van der Waals surface area contributed by atoms with Crippen LogP contribution in [0.4, 0.5) is 21.5 Å². The lowest BCUT2D eigenvalue weighted by atomic mass is 9.83. The van der Waals surface area contributed by atoms with Gasteiger partial charge >= 0.3 is 0 Å². The summed E-state index contributed by atoms with van der Waals surface area (Å²) in [6.45, 7) is 0. The van der Waals surface area contributed by atoms with E-state index in [-0.39, 0.29) is 5.82 Å². The third-order valence-corrected chi connectivity index (χ3v) is 11.7. The molecule has 9 aromatic carbocycles. The van der Waals surface area contributed by atoms with Crippen molar-refractivity contribution >= 4 is 49.6 Å². The summed E-state index contributed by atoms with van der Waals surface area (Å²) < 4.78 is 16.5. The van der Waals surface area contributed by atoms with Gasteiger partial charge in [0.15, 0.2) is 0 Å². The van der Waals surface area contributed by atoms with E-state index >= 15 is 0 Å². The molecule has 3 heteroatoms. The summed E-state index contributed by atoms with van der Waals surface area (Å²) in [6.07, 6.45) is 0. The Hall–Kier alpha value is -7.23. The predicted molar refractivity (Wildman–Crippen MR) is 227 cm³/mol. The minimum atomic E-state index is -0.248. The van der Waals surface area contributed by atoms with E-state index in [4.69, 9.17) is 0 Å². The minimum Gasteiger partial charge on any atom is -0.310 e. The fourth-order valence-corrected chi connectivity index (χ4v) is 9.36. The van der Waals surface area contributed by atoms with E-state index in [0.717, 1.165) is 44.6 Å². The van der Waals surface area contributed by atoms with Crippen molar-refractivity contribution in [2.45, 2.75) is 0 Å². The first-order valence-electron chi connectivity index (χ1n) is 18.8. The Kier molecular flexibility index (Phi) is 6.26. The van der Waals surface area contributed by atoms with Crippen LogP contribution in [0.5, 0.6) is 0 Å². The first-order valence-corrected chi connectivity index (χ1v) is 18.8. The van der Waals surface area contributed by atoms with Gasteiger partial charge in [0.05, 0.1) is 11.0 Å². The van der Waals surface area contributed by atoms with Crippen LogP contribution in [0, 0.1) is 5.82 Å². The molecule has 2 aliphatic rings. The molecule has 0 saturated heterocycles. The van der Waals surface area contributed by atoms with Crippen molar-refractivity contribution in [1.82, 2.24) is 4.57 Å². The minimum absolute atomic E-state index is 0.248. The molecule has 1 heterocycles. The Labute approximate surface area is 317 Å². The third-order valence-electron chi connectivity index (χ3n) is 11.7. The Morgan fingerprint density at radius 2 is 0.891 bits per heavy atom. The number of aromatic nitrogens is 1. The van der Waals surface area contributed by atoms with Gasteiger partial charge < -0.3 is 9.47 Å². The van der Waals surface area contributed by atoms with Crippen molar-refractivity contribution in [3.63, 3.8) is 0 Å². The molecule has 0 amide bonds. The molecule has 0 saturated carbocycles. The maximum atomic E-state index is 14.2. The lowest BCUT2D eigenvalue weighted by molar-refractivity contribution is 0.627. The molecular weight excluding hydrogens is 672 g/mol. The van der Waals surface area contributed by atoms with Gasteiger partial charge in [-0.1, -0.05) is 121 Å². The highest BCUT2D eigenvalue weighted by molar-refractivity contribution is 6.15. The number of halogens is 1. The van der Waals surface area contributed by atoms with Gasteiger partial charge in [0.2, 0.25) is 0 Å². The summed E-state index contributed by atoms with van der Waals surface area (Å²) in [5.74, 6) is -0.248. The molecule has 0 aliphatic heterocycles. The van der Waals surface area contributed by atoms with Crippen LogP contribution in [0.15, 0.2) is 188 Å². The van der Waals surface area contributed by atoms with E-state index in [1.54, 1.807) is 0 Å². The van der Waals surface area contributed by atoms with Crippen LogP contribution in [0.3, 0.4) is 0 Å². The molecule has 0 spiro atoms. The first-order chi connectivity index (χ1) is 27.2. The van der Waals surface area contributed by atoms with Crippen LogP contribution in [0.1, 0.15) is 0 Å². The van der Waals surface area contributed by atoms with Gasteiger partial charge in [-0.25, -0.2) is 4.39 Å². The topological polar surface area (TPSA) is 8.17 Å². The van der Waals surface area contributed by atoms with E-state index in [0.29, 0.717) is 0 Å². The van der Waals surface area contributed by atoms with E-state index < -0.39 is 0 Å². The van der Waals surface area contributed by atoms with E-state index in [1.165, 1.54) is 78.5 Å². The Balaban J connectivity index is 1.14. The van der Waals surface area contributed by atoms with Gasteiger partial charge in [-0.15, -0.1) is 0 Å². The van der Waals surface area contributed by atoms with E-state index in [9.17, 15) is 4.39 Å². The van der Waals surface area contributed by atoms with Crippen molar-refractivity contribution < 1.29 is 4.39 Å². The average Bonchev–Trinajstić information content (AvgIpc) is 3.51. The highest BCUT2D eigenvalue weighted by Gasteiger charge is 2.31. The number of anilines is 3. The standard InChI is InChI=1S/C52H31FN2/c53-34-20-23-35(24-21-34)55-49-18-6-5-12-41(49)42-28-26-38(31-50(42)55)54(36-22-19-32-9-1-2-10-33(32)29-36)37-25-27-40-45-15-8-16-46-47-17-7-14-44(52(47)48(40)30-37)39-11-3-4-13-43(39)51(45)46/h1-31H. The summed E-state index contributed by atoms with van der Waals surface area (Å²) in [4.78, 5) is 2.39. The zero-order valence-corrected chi connectivity index (χ0v) is 29.7. The Morgan fingerprint density at radius 3 is 1.69 bits per heavy atom. The van der Waals surface area contributed by atoms with Gasteiger partial charge in [-0.2, -0.15) is 0 Å². The molecule has 2 aliphatic carbocycles. The maximum Gasteiger partial charge on any atom is 0.123 e. The fourth-order valence-electron chi connectivity index (χ4n) is 9.36. The van der Waals surface area contributed by atoms with Crippen molar-refractivity contribution in [2.75, 3.05) is 4.90 Å². The van der Waals surface area contributed by atoms with E-state index in [2.05, 4.69) is 173 Å². The van der Waals surface area contributed by atoms with Crippen molar-refractivity contribution in [1.29, 1.82) is 0 Å². The van der Waals surface area contributed by atoms with Crippen molar-refractivity contribution in [3.05, 3.63) is 194 Å². The zero-order chi connectivity index (χ0) is 36.2. The van der Waals surface area contributed by atoms with Gasteiger partial charge in [-0.05, 0) is 133 Å². The van der Waals surface area contributed by atoms with Crippen LogP contribution >= 0.6 is 0 Å². The third kappa shape index (κ3) is 4.35. The lowest BCUT2D eigenvalue weighted by Crippen LogP contribution is -2.10. The molecule has 0 N–H and O–H groups in total. The van der Waals surface area contributed by atoms with Gasteiger partial charge in [0.25, 0.3) is 0 Å². The molecule has 0 unspecified atom stereocenters. The van der Waals surface area contributed by atoms with E-state index in [1.807, 2.05) is 12.1 Å². The number of nitrogens with zero attached hydrogens (tertiary/aromatic N) is 2. The molecule has 10 aromatic rings. The smallest absolute Gasteiger partial charge is 0.123 e. The summed E-state index contributed by atoms with van der Waals surface area (Å²) in [5, 5.41) is 4.69. The van der Waals surface area contributed by atoms with Crippen LogP contribution < -0.4 is 4.90 Å². The lowest BCUT2D eigenvalue weighted by Gasteiger charge is -2.28. The number of para-hydroxylation sites is 1. The number of benzene rings is 9. The SMILES string of the molecule is Fc1ccc(-n2c3ccccc3c3ccc(N(c4ccc5c(c4)-c4c6cccc4-c4cccc-5c4-c4ccccc4-6)c4ccc5ccccc5c4)cc32)cc1. The molecule has 12 rings (SSSR count). The molecule has 0 radical (unpaired) electrons. The summed E-state index contributed by atoms with van der Waals surface area (Å²) in [6, 6.07) is 66.8. The highest BCUT2D eigenvalue weighted by Crippen LogP contribution is 2.57. The monoisotopic (exact) mass is 702 g/mol. The average molecular weight is 703 g/mol. The molecule has 6 bridgehead atoms. The van der Waals surface area contributed by atoms with Crippen LogP contribution in [0.25, 0.3) is 93.9 Å². The molecule has 1 aromatic heterocycles. The second-order valence-electron chi connectivity index (χ2n) is 14.6. The molecular formula is C52H31FN2. The summed E-state index contributed by atoms with van der Waals surface area (Å²) in [7, 11) is 0. The number of fused-ring (bicyclic) bond motifs is 8. The highest BCUT2D eigenvalue weighted by atomic mass is 19.1. The molecule has 0 fully saturated rings. The maximum absolute atomic E-state index is 14.2. The number of hydrogen-bond acceptors (Lipinski definition) is 1. The largest absolute Gasteiger partial charge is 0.310 e. The van der Waals surface area contributed by atoms with Crippen molar-refractivity contribution in [3.8, 4) is 61.3 Å². The van der Waals surface area contributed by atoms with Crippen LogP contribution in [-0.4, -0.2) is 4.57 Å². The van der Waals surface area contributed by atoms with Gasteiger partial charge in [-0.3, -0.25) is 0 Å². The van der Waals surface area contributed by atoms with Gasteiger partial charge in [0, 0.05) is 33.5 Å². The van der Waals surface area contributed by atoms with Crippen molar-refractivity contribution in [2.24, 2.45) is 0 Å². The zero-order valence-electron chi connectivity index (χ0n) is 29.7. The normalized spacial score (nSPS) is 12.1. The summed E-state index contributed by atoms with van der Waals surface area (Å²) >= 11 is 0. The molecule has 2 nitrogen and oxygen atoms in total. The second kappa shape index (κ2) is 11.4. The Bertz CT molecular complexity index is 3200. The van der Waals surface area contributed by atoms with Crippen LogP contribution in [0.2, 0.25) is 0 Å². The molecule has 256 valence electrons. The number of hydrogen-bond donors (Lipinski definition) is 0. The second-order valence-corrected chi connectivity index (χ2v) is 14.6. The first kappa shape index (κ1) is 30.3. The van der Waals surface area contributed by atoms with Gasteiger partial charge in [0.1, 0.15) is 5.82 Å². The van der Waals surface area contributed by atoms with Crippen LogP contribution in [-0.2, 0) is 0 Å². The predicted octanol–water partition coefficient (Wildman–Crippen LogP) is 14.5. The number of rotatable bonds is 4. The quantitative estimate of drug-likeness (QED) is 0.177. The fraction of sp³-hybridized carbons (Fsp3) is 0. The molecule has 55 heavy (non-hydrogen) atoms. The Morgan fingerprint density at radius 1 is 0.345 bits per heavy atom. The summed E-state index contributed by atoms with van der Waals surface area (Å²) in [5.41, 5.74) is 18.9.